The standard InChI is InChI=1S/C20H27N3O2S/c1-3-25-14(2)20-22-17(13-26-20)9-19(24)23-11-16(10-21)18(12-23)15-7-5-4-6-8-15/h4-8,13-14,16,18H,3,9-12,21H2,1-2H3/t14?,16-,18+/m1/s1. The van der Waals surface area contributed by atoms with Gasteiger partial charge in [0.25, 0.3) is 0 Å². The fourth-order valence-corrected chi connectivity index (χ4v) is 4.39. The van der Waals surface area contributed by atoms with Gasteiger partial charge in [0.15, 0.2) is 0 Å². The van der Waals surface area contributed by atoms with E-state index in [0.29, 0.717) is 31.4 Å². The highest BCUT2D eigenvalue weighted by Crippen LogP contribution is 2.32. The maximum Gasteiger partial charge on any atom is 0.228 e. The van der Waals surface area contributed by atoms with Crippen LogP contribution in [-0.4, -0.2) is 42.0 Å². The lowest BCUT2D eigenvalue weighted by Gasteiger charge is -2.16. The van der Waals surface area contributed by atoms with Crippen molar-refractivity contribution in [2.75, 3.05) is 26.2 Å². The Bertz CT molecular complexity index is 719. The summed E-state index contributed by atoms with van der Waals surface area (Å²) in [4.78, 5) is 19.3. The minimum atomic E-state index is -0.0234. The van der Waals surface area contributed by atoms with Gasteiger partial charge in [-0.25, -0.2) is 4.98 Å². The van der Waals surface area contributed by atoms with Gasteiger partial charge in [-0.05, 0) is 31.9 Å². The Morgan fingerprint density at radius 1 is 1.38 bits per heavy atom. The molecule has 2 N–H and O–H groups in total. The Hall–Kier alpha value is -1.76. The van der Waals surface area contributed by atoms with E-state index in [2.05, 4.69) is 17.1 Å². The Labute approximate surface area is 159 Å². The molecular formula is C20H27N3O2S. The zero-order chi connectivity index (χ0) is 18.5. The number of nitrogens with zero attached hydrogens (tertiary/aromatic N) is 2. The molecule has 0 spiro atoms. The van der Waals surface area contributed by atoms with Crippen molar-refractivity contribution in [3.63, 3.8) is 0 Å². The molecule has 1 aliphatic rings. The third-order valence-corrected chi connectivity index (χ3v) is 6.05. The Morgan fingerprint density at radius 2 is 2.15 bits per heavy atom. The molecule has 1 aromatic carbocycles. The second-order valence-corrected chi connectivity index (χ2v) is 7.65. The average molecular weight is 374 g/mol. The van der Waals surface area contributed by atoms with Crippen molar-refractivity contribution in [2.45, 2.75) is 32.3 Å². The smallest absolute Gasteiger partial charge is 0.228 e. The molecule has 0 bridgehead atoms. The van der Waals surface area contributed by atoms with Crippen molar-refractivity contribution in [3.8, 4) is 0 Å². The maximum absolute atomic E-state index is 12.8. The first-order valence-corrected chi connectivity index (χ1v) is 10.1. The van der Waals surface area contributed by atoms with Crippen molar-refractivity contribution in [2.24, 2.45) is 11.7 Å². The van der Waals surface area contributed by atoms with Gasteiger partial charge in [0.05, 0.1) is 12.1 Å². The normalized spacial score (nSPS) is 21.1. The summed E-state index contributed by atoms with van der Waals surface area (Å²) in [6.45, 7) is 6.67. The number of rotatable bonds is 7. The highest BCUT2D eigenvalue weighted by Gasteiger charge is 2.35. The van der Waals surface area contributed by atoms with Crippen LogP contribution in [0.15, 0.2) is 35.7 Å². The van der Waals surface area contributed by atoms with Crippen molar-refractivity contribution in [3.05, 3.63) is 52.0 Å². The zero-order valence-corrected chi connectivity index (χ0v) is 16.2. The van der Waals surface area contributed by atoms with Gasteiger partial charge >= 0.3 is 0 Å². The number of ether oxygens (including phenoxy) is 1. The molecule has 0 radical (unpaired) electrons. The SMILES string of the molecule is CCOC(C)c1nc(CC(=O)N2C[C@@H](CN)[C@H](c3ccccc3)C2)cs1. The number of benzene rings is 1. The summed E-state index contributed by atoms with van der Waals surface area (Å²) in [5.41, 5.74) is 8.07. The van der Waals surface area contributed by atoms with Crippen LogP contribution in [0.25, 0.3) is 0 Å². The first-order chi connectivity index (χ1) is 12.6. The Kier molecular flexibility index (Phi) is 6.40. The molecule has 26 heavy (non-hydrogen) atoms. The molecule has 0 aliphatic carbocycles. The predicted octanol–water partition coefficient (Wildman–Crippen LogP) is 2.98. The van der Waals surface area contributed by atoms with Crippen LogP contribution >= 0.6 is 11.3 Å². The van der Waals surface area contributed by atoms with Gasteiger partial charge in [0.2, 0.25) is 5.91 Å². The average Bonchev–Trinajstić information content (AvgIpc) is 3.29. The number of aromatic nitrogens is 1. The fraction of sp³-hybridized carbons (Fsp3) is 0.500. The lowest BCUT2D eigenvalue weighted by Crippen LogP contribution is -2.31. The van der Waals surface area contributed by atoms with Crippen molar-refractivity contribution < 1.29 is 9.53 Å². The summed E-state index contributed by atoms with van der Waals surface area (Å²) in [5.74, 6) is 0.752. The van der Waals surface area contributed by atoms with E-state index >= 15 is 0 Å². The molecule has 2 heterocycles. The second-order valence-electron chi connectivity index (χ2n) is 6.76. The monoisotopic (exact) mass is 373 g/mol. The molecule has 1 saturated heterocycles. The highest BCUT2D eigenvalue weighted by molar-refractivity contribution is 7.09. The summed E-state index contributed by atoms with van der Waals surface area (Å²) in [7, 11) is 0. The first-order valence-electron chi connectivity index (χ1n) is 9.21. The van der Waals surface area contributed by atoms with Gasteiger partial charge in [0.1, 0.15) is 11.1 Å². The summed E-state index contributed by atoms with van der Waals surface area (Å²) in [6, 6.07) is 10.4. The second kappa shape index (κ2) is 8.75. The van der Waals surface area contributed by atoms with E-state index in [9.17, 15) is 4.79 Å². The predicted molar refractivity (Wildman–Crippen MR) is 104 cm³/mol. The number of amides is 1. The van der Waals surface area contributed by atoms with Crippen LogP contribution in [0.4, 0.5) is 0 Å². The van der Waals surface area contributed by atoms with E-state index in [0.717, 1.165) is 23.8 Å². The van der Waals surface area contributed by atoms with E-state index in [1.54, 1.807) is 11.3 Å². The van der Waals surface area contributed by atoms with E-state index in [4.69, 9.17) is 10.5 Å². The molecule has 1 aliphatic heterocycles. The zero-order valence-electron chi connectivity index (χ0n) is 15.4. The third kappa shape index (κ3) is 4.31. The van der Waals surface area contributed by atoms with Gasteiger partial charge in [-0.3, -0.25) is 4.79 Å². The summed E-state index contributed by atoms with van der Waals surface area (Å²) in [5, 5.41) is 2.89. The number of likely N-dealkylation sites (tertiary alicyclic amines) is 1. The Balaban J connectivity index is 1.63. The van der Waals surface area contributed by atoms with E-state index in [-0.39, 0.29) is 12.0 Å². The van der Waals surface area contributed by atoms with Gasteiger partial charge in [0, 0.05) is 31.0 Å². The number of thiazole rings is 1. The van der Waals surface area contributed by atoms with Crippen LogP contribution in [0.2, 0.25) is 0 Å². The summed E-state index contributed by atoms with van der Waals surface area (Å²) in [6.07, 6.45) is 0.318. The molecule has 3 rings (SSSR count). The fourth-order valence-electron chi connectivity index (χ4n) is 3.57. The molecule has 5 nitrogen and oxygen atoms in total. The van der Waals surface area contributed by atoms with Crippen LogP contribution in [0, 0.1) is 5.92 Å². The number of carbonyl (C=O) groups excluding carboxylic acids is 1. The number of hydrogen-bond donors (Lipinski definition) is 1. The maximum atomic E-state index is 12.8. The summed E-state index contributed by atoms with van der Waals surface area (Å²) < 4.78 is 5.58. The van der Waals surface area contributed by atoms with E-state index < -0.39 is 0 Å². The van der Waals surface area contributed by atoms with Gasteiger partial charge in [-0.2, -0.15) is 0 Å². The quantitative estimate of drug-likeness (QED) is 0.810. The lowest BCUT2D eigenvalue weighted by atomic mass is 9.89. The molecule has 3 atom stereocenters. The molecular weight excluding hydrogens is 346 g/mol. The minimum Gasteiger partial charge on any atom is -0.372 e. The molecule has 0 saturated carbocycles. The molecule has 2 aromatic rings. The first kappa shape index (κ1) is 19.0. The molecule has 1 fully saturated rings. The van der Waals surface area contributed by atoms with Crippen LogP contribution in [0.5, 0.6) is 0 Å². The minimum absolute atomic E-state index is 0.0234. The largest absolute Gasteiger partial charge is 0.372 e. The van der Waals surface area contributed by atoms with Crippen LogP contribution in [-0.2, 0) is 16.0 Å². The lowest BCUT2D eigenvalue weighted by molar-refractivity contribution is -0.129. The van der Waals surface area contributed by atoms with Gasteiger partial charge < -0.3 is 15.4 Å². The number of carbonyl (C=O) groups is 1. The van der Waals surface area contributed by atoms with Crippen molar-refractivity contribution in [1.29, 1.82) is 0 Å². The third-order valence-electron chi connectivity index (χ3n) is 4.99. The molecule has 1 unspecified atom stereocenters. The van der Waals surface area contributed by atoms with E-state index in [1.165, 1.54) is 5.56 Å². The van der Waals surface area contributed by atoms with Crippen LogP contribution < -0.4 is 5.73 Å². The Morgan fingerprint density at radius 3 is 2.85 bits per heavy atom. The highest BCUT2D eigenvalue weighted by atomic mass is 32.1. The molecule has 140 valence electrons. The van der Waals surface area contributed by atoms with Crippen LogP contribution in [0.3, 0.4) is 0 Å². The van der Waals surface area contributed by atoms with Crippen LogP contribution in [0.1, 0.15) is 42.1 Å². The van der Waals surface area contributed by atoms with E-state index in [1.807, 2.05) is 42.3 Å². The van der Waals surface area contributed by atoms with Gasteiger partial charge in [-0.15, -0.1) is 11.3 Å². The molecule has 6 heteroatoms. The summed E-state index contributed by atoms with van der Waals surface area (Å²) >= 11 is 1.56. The van der Waals surface area contributed by atoms with Gasteiger partial charge in [-0.1, -0.05) is 30.3 Å². The number of hydrogen-bond acceptors (Lipinski definition) is 5. The topological polar surface area (TPSA) is 68.5 Å². The molecule has 1 amide bonds. The van der Waals surface area contributed by atoms with Crippen molar-refractivity contribution >= 4 is 17.2 Å². The van der Waals surface area contributed by atoms with Crippen molar-refractivity contribution in [1.82, 2.24) is 9.88 Å². The molecule has 1 aromatic heterocycles. The number of nitrogens with two attached hydrogens (primary N) is 1.